The molecule has 1 amide bonds. The Balaban J connectivity index is 2.04. The molecule has 0 radical (unpaired) electrons. The van der Waals surface area contributed by atoms with Gasteiger partial charge in [-0.3, -0.25) is 4.79 Å². The lowest BCUT2D eigenvalue weighted by atomic mass is 9.98. The monoisotopic (exact) mass is 361 g/mol. The molecule has 1 atom stereocenters. The Kier molecular flexibility index (Phi) is 4.70. The first-order valence-corrected chi connectivity index (χ1v) is 7.94. The fourth-order valence-electron chi connectivity index (χ4n) is 2.03. The number of hydrogen-bond acceptors (Lipinski definition) is 3. The van der Waals surface area contributed by atoms with Gasteiger partial charge in [0.05, 0.1) is 10.9 Å². The van der Waals surface area contributed by atoms with Crippen molar-refractivity contribution in [1.82, 2.24) is 5.32 Å². The van der Waals surface area contributed by atoms with E-state index in [-0.39, 0.29) is 16.8 Å². The first-order chi connectivity index (χ1) is 9.43. The van der Waals surface area contributed by atoms with Gasteiger partial charge in [0.2, 0.25) is 5.91 Å². The summed E-state index contributed by atoms with van der Waals surface area (Å²) in [5.74, 6) is -0.677. The Morgan fingerprint density at radius 1 is 1.50 bits per heavy atom. The summed E-state index contributed by atoms with van der Waals surface area (Å²) in [6.45, 7) is 0. The molecule has 7 heteroatoms. The zero-order valence-corrected chi connectivity index (χ0v) is 12.9. The molecule has 0 bridgehead atoms. The van der Waals surface area contributed by atoms with Gasteiger partial charge in [-0.15, -0.1) is 0 Å². The van der Waals surface area contributed by atoms with E-state index in [1.807, 2.05) is 0 Å². The van der Waals surface area contributed by atoms with Gasteiger partial charge in [0.15, 0.2) is 0 Å². The minimum atomic E-state index is -1.17. The summed E-state index contributed by atoms with van der Waals surface area (Å²) in [7, 11) is 0. The lowest BCUT2D eigenvalue weighted by molar-refractivity contribution is -0.146. The second-order valence-corrected chi connectivity index (χ2v) is 6.62. The van der Waals surface area contributed by atoms with Crippen LogP contribution in [0.3, 0.4) is 0 Å². The van der Waals surface area contributed by atoms with Gasteiger partial charge in [-0.05, 0) is 45.8 Å². The molecule has 1 aliphatic rings. The van der Waals surface area contributed by atoms with Gasteiger partial charge >= 0.3 is 5.97 Å². The molecule has 20 heavy (non-hydrogen) atoms. The van der Waals surface area contributed by atoms with Crippen molar-refractivity contribution in [2.24, 2.45) is 0 Å². The van der Waals surface area contributed by atoms with E-state index >= 15 is 0 Å². The van der Waals surface area contributed by atoms with Crippen molar-refractivity contribution in [1.29, 1.82) is 0 Å². The molecule has 4 nitrogen and oxygen atoms in total. The number of carboxylic acid groups (broad SMARTS) is 1. The molecular formula is C13H13BrFNO3S. The van der Waals surface area contributed by atoms with Gasteiger partial charge in [0.25, 0.3) is 0 Å². The minimum absolute atomic E-state index is 0.0264. The summed E-state index contributed by atoms with van der Waals surface area (Å²) in [4.78, 5) is 23.3. The number of carbonyl (C=O) groups is 2. The third-order valence-electron chi connectivity index (χ3n) is 3.16. The van der Waals surface area contributed by atoms with Crippen LogP contribution in [0, 0.1) is 5.82 Å². The van der Waals surface area contributed by atoms with E-state index in [1.165, 1.54) is 30.0 Å². The molecule has 1 aromatic rings. The lowest BCUT2D eigenvalue weighted by Crippen LogP contribution is -2.55. The van der Waals surface area contributed by atoms with Crippen LogP contribution in [0.15, 0.2) is 22.7 Å². The maximum atomic E-state index is 13.1. The number of carboxylic acids is 1. The standard InChI is InChI=1S/C13H13BrFNO3S/c14-9-5-8(1-2-10(9)15)6-11(17)16-13(12(18)19)3-4-20-7-13/h1-2,5H,3-4,6-7H2,(H,16,17)(H,18,19). The summed E-state index contributed by atoms with van der Waals surface area (Å²) in [6, 6.07) is 4.30. The number of nitrogens with one attached hydrogen (secondary N) is 1. The highest BCUT2D eigenvalue weighted by Crippen LogP contribution is 2.28. The van der Waals surface area contributed by atoms with E-state index in [9.17, 15) is 19.1 Å². The molecular weight excluding hydrogens is 349 g/mol. The molecule has 2 N–H and O–H groups in total. The number of carbonyl (C=O) groups excluding carboxylic acids is 1. The average molecular weight is 362 g/mol. The number of benzene rings is 1. The Morgan fingerprint density at radius 3 is 2.80 bits per heavy atom. The molecule has 0 aliphatic carbocycles. The molecule has 1 aliphatic heterocycles. The average Bonchev–Trinajstić information content (AvgIpc) is 2.83. The topological polar surface area (TPSA) is 66.4 Å². The van der Waals surface area contributed by atoms with Crippen LogP contribution >= 0.6 is 27.7 Å². The number of thioether (sulfide) groups is 1. The quantitative estimate of drug-likeness (QED) is 0.862. The van der Waals surface area contributed by atoms with Crippen LogP contribution in [0.25, 0.3) is 0 Å². The van der Waals surface area contributed by atoms with Gasteiger partial charge in [-0.25, -0.2) is 9.18 Å². The van der Waals surface area contributed by atoms with Crippen molar-refractivity contribution in [3.05, 3.63) is 34.1 Å². The van der Waals surface area contributed by atoms with E-state index in [0.717, 1.165) is 0 Å². The van der Waals surface area contributed by atoms with Gasteiger partial charge in [0.1, 0.15) is 11.4 Å². The number of aliphatic carboxylic acids is 1. The van der Waals surface area contributed by atoms with Crippen LogP contribution in [-0.2, 0) is 16.0 Å². The second-order valence-electron chi connectivity index (χ2n) is 4.66. The summed E-state index contributed by atoms with van der Waals surface area (Å²) in [6.07, 6.45) is 0.449. The van der Waals surface area contributed by atoms with Crippen LogP contribution in [-0.4, -0.2) is 34.0 Å². The van der Waals surface area contributed by atoms with Crippen molar-refractivity contribution in [2.45, 2.75) is 18.4 Å². The molecule has 0 saturated carbocycles. The van der Waals surface area contributed by atoms with Crippen LogP contribution in [0.4, 0.5) is 4.39 Å². The van der Waals surface area contributed by atoms with Gasteiger partial charge < -0.3 is 10.4 Å². The Morgan fingerprint density at radius 2 is 2.25 bits per heavy atom. The smallest absolute Gasteiger partial charge is 0.330 e. The fourth-order valence-corrected chi connectivity index (χ4v) is 3.78. The highest BCUT2D eigenvalue weighted by atomic mass is 79.9. The summed E-state index contributed by atoms with van der Waals surface area (Å²) >= 11 is 4.56. The SMILES string of the molecule is O=C(Cc1ccc(F)c(Br)c1)NC1(C(=O)O)CCSC1. The Bertz CT molecular complexity index is 546. The fraction of sp³-hybridized carbons (Fsp3) is 0.385. The van der Waals surface area contributed by atoms with Crippen LogP contribution in [0.5, 0.6) is 0 Å². The predicted molar refractivity (Wildman–Crippen MR) is 78.3 cm³/mol. The molecule has 0 spiro atoms. The summed E-state index contributed by atoms with van der Waals surface area (Å²) in [5.41, 5.74) is -0.541. The van der Waals surface area contributed by atoms with Gasteiger partial charge in [0, 0.05) is 5.75 Å². The third-order valence-corrected chi connectivity index (χ3v) is 4.96. The maximum absolute atomic E-state index is 13.1. The molecule has 1 heterocycles. The second kappa shape index (κ2) is 6.13. The number of halogens is 2. The van der Waals surface area contributed by atoms with E-state index in [1.54, 1.807) is 0 Å². The normalized spacial score (nSPS) is 21.7. The van der Waals surface area contributed by atoms with Crippen molar-refractivity contribution in [3.63, 3.8) is 0 Å². The highest BCUT2D eigenvalue weighted by Gasteiger charge is 2.43. The first kappa shape index (κ1) is 15.3. The Labute approximate surface area is 128 Å². The van der Waals surface area contributed by atoms with E-state index in [2.05, 4.69) is 21.2 Å². The Hall–Kier alpha value is -1.08. The van der Waals surface area contributed by atoms with E-state index in [4.69, 9.17) is 0 Å². The van der Waals surface area contributed by atoms with Crippen LogP contribution in [0.2, 0.25) is 0 Å². The number of rotatable bonds is 4. The zero-order valence-electron chi connectivity index (χ0n) is 10.5. The highest BCUT2D eigenvalue weighted by molar-refractivity contribution is 9.10. The number of hydrogen-bond donors (Lipinski definition) is 2. The molecule has 2 rings (SSSR count). The van der Waals surface area contributed by atoms with Crippen LogP contribution in [0.1, 0.15) is 12.0 Å². The predicted octanol–water partition coefficient (Wildman–Crippen LogP) is 2.21. The molecule has 1 fully saturated rings. The first-order valence-electron chi connectivity index (χ1n) is 5.99. The lowest BCUT2D eigenvalue weighted by Gasteiger charge is -2.24. The maximum Gasteiger partial charge on any atom is 0.330 e. The van der Waals surface area contributed by atoms with Gasteiger partial charge in [-0.2, -0.15) is 11.8 Å². The van der Waals surface area contributed by atoms with E-state index in [0.29, 0.717) is 23.5 Å². The summed E-state index contributed by atoms with van der Waals surface area (Å²) in [5, 5.41) is 11.9. The van der Waals surface area contributed by atoms with Crippen molar-refractivity contribution in [2.75, 3.05) is 11.5 Å². The molecule has 1 saturated heterocycles. The third kappa shape index (κ3) is 3.32. The zero-order chi connectivity index (χ0) is 14.8. The molecule has 108 valence electrons. The number of amides is 1. The molecule has 1 unspecified atom stereocenters. The van der Waals surface area contributed by atoms with Crippen molar-refractivity contribution < 1.29 is 19.1 Å². The molecule has 1 aromatic carbocycles. The minimum Gasteiger partial charge on any atom is -0.479 e. The van der Waals surface area contributed by atoms with E-state index < -0.39 is 17.3 Å². The largest absolute Gasteiger partial charge is 0.479 e. The van der Waals surface area contributed by atoms with Crippen molar-refractivity contribution in [3.8, 4) is 0 Å². The van der Waals surface area contributed by atoms with Gasteiger partial charge in [-0.1, -0.05) is 6.07 Å². The molecule has 0 aromatic heterocycles. The van der Waals surface area contributed by atoms with Crippen LogP contribution < -0.4 is 5.32 Å². The van der Waals surface area contributed by atoms with Crippen molar-refractivity contribution >= 4 is 39.6 Å². The summed E-state index contributed by atoms with van der Waals surface area (Å²) < 4.78 is 13.4.